The predicted octanol–water partition coefficient (Wildman–Crippen LogP) is 24.5. The van der Waals surface area contributed by atoms with Crippen molar-refractivity contribution in [2.45, 2.75) is 69.2 Å². The van der Waals surface area contributed by atoms with Gasteiger partial charge in [-0.05, 0) is 143 Å². The van der Waals surface area contributed by atoms with Crippen molar-refractivity contribution in [2.75, 3.05) is 35.8 Å². The molecule has 0 atom stereocenters. The fourth-order valence-corrected chi connectivity index (χ4v) is 13.1. The van der Waals surface area contributed by atoms with Gasteiger partial charge < -0.3 is 30.9 Å². The summed E-state index contributed by atoms with van der Waals surface area (Å²) in [5.41, 5.74) is 31.0. The number of benzene rings is 12. The zero-order valence-corrected chi connectivity index (χ0v) is 75.9. The first kappa shape index (κ1) is 93.0. The van der Waals surface area contributed by atoms with Crippen molar-refractivity contribution in [3.05, 3.63) is 431 Å². The molecule has 0 aliphatic heterocycles. The van der Waals surface area contributed by atoms with E-state index >= 15 is 0 Å². The summed E-state index contributed by atoms with van der Waals surface area (Å²) in [4.78, 5) is 5.82. The fourth-order valence-electron chi connectivity index (χ4n) is 13.1. The van der Waals surface area contributed by atoms with Crippen LogP contribution in [0.4, 0.5) is 17.1 Å². The van der Waals surface area contributed by atoms with Crippen LogP contribution in [-0.4, -0.2) is 68.6 Å². The zero-order chi connectivity index (χ0) is 81.6. The quantitative estimate of drug-likeness (QED) is 0.0621. The monoisotopic (exact) mass is 2080 g/mol. The Morgan fingerprint density at radius 2 is 0.703 bits per heavy atom. The number of rotatable bonds is 18. The third kappa shape index (κ3) is 26.7. The minimum absolute atomic E-state index is 0. The molecule has 0 spiro atoms. The van der Waals surface area contributed by atoms with Crippen LogP contribution in [0.1, 0.15) is 58.9 Å². The Hall–Kier alpha value is -12.2. The summed E-state index contributed by atoms with van der Waals surface area (Å²) in [6, 6.07) is 116. The summed E-state index contributed by atoms with van der Waals surface area (Å²) in [5.74, 6) is 0. The SMILES string of the molecule is CC(=[N-])/C=C(/C)N(C)c1[c-]cc(-c2ccc(-c3ccccc3)cc2)cc1.Cc1cc(-c2ccccc2)cc(C)c1-c1c[c-]c(N(C)/C=C\C=[N-])cc1.Cc1cc(-c2ccccc2)cc(C)c1-c1c[c-]c(N(C)/C=C\C=[N-])cc1.Cc1cc(C)n(-c2[c-]cccc2)n1.Cc1cc(C)n(-c2[c-]cccc2)n1.[Ir+3].[Ir+3].[Ir+3].[c-]1ccccc1-n1cccn1. The van der Waals surface area contributed by atoms with Crippen LogP contribution in [0.15, 0.2) is 334 Å². The fraction of sp³-hybridized carbons (Fsp3) is 0.126. The van der Waals surface area contributed by atoms with Crippen LogP contribution >= 0.6 is 0 Å². The van der Waals surface area contributed by atoms with E-state index in [1.165, 1.54) is 72.3 Å². The molecule has 15 rings (SSSR count). The zero-order valence-electron chi connectivity index (χ0n) is 68.7. The van der Waals surface area contributed by atoms with E-state index in [2.05, 4.69) is 231 Å². The van der Waals surface area contributed by atoms with Crippen molar-refractivity contribution in [3.8, 4) is 83.8 Å². The average Bonchev–Trinajstić information content (AvgIpc) is 1.22. The van der Waals surface area contributed by atoms with Gasteiger partial charge in [-0.1, -0.05) is 221 Å². The summed E-state index contributed by atoms with van der Waals surface area (Å²) in [7, 11) is 5.82. The molecule has 594 valence electrons. The maximum absolute atomic E-state index is 9.42. The van der Waals surface area contributed by atoms with Crippen molar-refractivity contribution in [3.63, 3.8) is 0 Å². The predicted molar refractivity (Wildman–Crippen MR) is 484 cm³/mol. The number of aryl methyl sites for hydroxylation is 8. The minimum Gasteiger partial charge on any atom is -0.811 e. The summed E-state index contributed by atoms with van der Waals surface area (Å²) < 4.78 is 5.57. The molecule has 0 amide bonds. The first-order chi connectivity index (χ1) is 55.7. The molecule has 15 heteroatoms. The second kappa shape index (κ2) is 47.2. The molecule has 0 aliphatic carbocycles. The molecular formula is C103H95Ir3N12. The average molecular weight is 2080 g/mol. The van der Waals surface area contributed by atoms with Crippen molar-refractivity contribution in [2.24, 2.45) is 0 Å². The summed E-state index contributed by atoms with van der Waals surface area (Å²) in [5, 5.41) is 39.8. The van der Waals surface area contributed by atoms with Crippen molar-refractivity contribution < 1.29 is 60.3 Å². The Labute approximate surface area is 739 Å². The molecule has 3 aromatic heterocycles. The summed E-state index contributed by atoms with van der Waals surface area (Å²) in [6.45, 7) is 20.3. The van der Waals surface area contributed by atoms with Crippen LogP contribution in [0.25, 0.3) is 100 Å². The van der Waals surface area contributed by atoms with Gasteiger partial charge in [0.05, 0.1) is 11.4 Å². The number of aromatic nitrogens is 6. The van der Waals surface area contributed by atoms with Gasteiger partial charge in [0.25, 0.3) is 0 Å². The van der Waals surface area contributed by atoms with Gasteiger partial charge in [0.1, 0.15) is 0 Å². The van der Waals surface area contributed by atoms with Gasteiger partial charge in [-0.25, -0.2) is 0 Å². The van der Waals surface area contributed by atoms with E-state index in [1.807, 2.05) is 219 Å². The van der Waals surface area contributed by atoms with E-state index < -0.39 is 0 Å². The maximum atomic E-state index is 9.42. The van der Waals surface area contributed by atoms with Crippen molar-refractivity contribution >= 4 is 35.2 Å². The molecule has 0 aliphatic rings. The van der Waals surface area contributed by atoms with Gasteiger partial charge in [-0.15, -0.1) is 53.1 Å². The van der Waals surface area contributed by atoms with Crippen molar-refractivity contribution in [1.82, 2.24) is 29.3 Å². The summed E-state index contributed by atoms with van der Waals surface area (Å²) >= 11 is 0. The molecule has 0 fully saturated rings. The normalized spacial score (nSPS) is 10.5. The van der Waals surface area contributed by atoms with E-state index in [-0.39, 0.29) is 60.3 Å². The van der Waals surface area contributed by atoms with Crippen LogP contribution in [0, 0.1) is 91.8 Å². The third-order valence-corrected chi connectivity index (χ3v) is 18.7. The first-order valence-corrected chi connectivity index (χ1v) is 38.0. The van der Waals surface area contributed by atoms with Crippen LogP contribution in [0.3, 0.4) is 0 Å². The first-order valence-electron chi connectivity index (χ1n) is 38.0. The van der Waals surface area contributed by atoms with Gasteiger partial charge in [0, 0.05) is 50.6 Å². The van der Waals surface area contributed by atoms with Gasteiger partial charge in [-0.2, -0.15) is 161 Å². The molecule has 0 saturated carbocycles. The molecule has 0 bridgehead atoms. The molecule has 3 heterocycles. The van der Waals surface area contributed by atoms with Crippen LogP contribution in [-0.2, 0) is 60.3 Å². The van der Waals surface area contributed by atoms with E-state index in [0.717, 1.165) is 91.7 Å². The molecule has 15 aromatic rings. The number of nitrogens with zero attached hydrogens (tertiary/aromatic N) is 12. The number of hydrogen-bond acceptors (Lipinski definition) is 6. The van der Waals surface area contributed by atoms with Crippen LogP contribution in [0.2, 0.25) is 0 Å². The topological polar surface area (TPSA) is 130 Å². The van der Waals surface area contributed by atoms with E-state index in [4.69, 9.17) is 10.8 Å². The molecule has 0 unspecified atom stereocenters. The van der Waals surface area contributed by atoms with Crippen LogP contribution < -0.4 is 14.7 Å². The molecular weight excluding hydrogens is 1980 g/mol. The van der Waals surface area contributed by atoms with Gasteiger partial charge in [-0.3, -0.25) is 14.0 Å². The molecule has 12 nitrogen and oxygen atoms in total. The number of hydrogen-bond donors (Lipinski definition) is 0. The largest absolute Gasteiger partial charge is 3.00 e. The number of para-hydroxylation sites is 3. The Bertz CT molecular complexity index is 5370. The smallest absolute Gasteiger partial charge is 0.811 e. The Morgan fingerprint density at radius 1 is 0.364 bits per heavy atom. The van der Waals surface area contributed by atoms with E-state index in [0.29, 0.717) is 5.71 Å². The number of anilines is 3. The molecule has 12 aromatic carbocycles. The molecule has 0 N–H and O–H groups in total. The third-order valence-electron chi connectivity index (χ3n) is 18.7. The maximum Gasteiger partial charge on any atom is 3.00 e. The molecule has 118 heavy (non-hydrogen) atoms. The van der Waals surface area contributed by atoms with Crippen molar-refractivity contribution in [1.29, 1.82) is 0 Å². The molecule has 0 radical (unpaired) electrons. The molecule has 0 saturated heterocycles. The second-order valence-electron chi connectivity index (χ2n) is 27.6. The second-order valence-corrected chi connectivity index (χ2v) is 27.6. The standard InChI is InChI=1S/3C24H22N2.2C11H11N2.C9H7N2.3Ir/c2*1-18-16-22(20-8-5-4-6-9-20)17-19(2)24(18)21-10-12-23(13-11-21)26(3)15-7-14-25;1-18(25)17-19(2)26(3)24-15-13-23(14-16-24)22-11-9-21(10-12-22)20-7-5-4-6-8-20;2*1-9-8-10(2)13(12-9)11-6-4-3-5-7-11;1-2-5-9(6-3-1)11-8-4-7-10-11;;;/h2*4-12,14-17H,1-3H3;4-15,17H,1-3H3;2*3-6,8H,1-2H3;1-5,7-8H;;;/q3*-2;3*-1;3*+3/b2*15-7-;19-17-;;;;;;. The number of allylic oxidation sites excluding steroid dienone is 4. The van der Waals surface area contributed by atoms with Crippen LogP contribution in [0.5, 0.6) is 0 Å². The minimum atomic E-state index is 0. The summed E-state index contributed by atoms with van der Waals surface area (Å²) in [6.07, 6.45) is 14.2. The van der Waals surface area contributed by atoms with E-state index in [9.17, 15) is 5.41 Å². The Kier molecular flexibility index (Phi) is 37.2. The van der Waals surface area contributed by atoms with E-state index in [1.54, 1.807) is 48.4 Å². The Morgan fingerprint density at radius 3 is 1.03 bits per heavy atom. The Balaban J connectivity index is 0.000000200. The van der Waals surface area contributed by atoms with Gasteiger partial charge >= 0.3 is 60.3 Å². The van der Waals surface area contributed by atoms with Gasteiger partial charge in [0.2, 0.25) is 0 Å². The van der Waals surface area contributed by atoms with Gasteiger partial charge in [0.15, 0.2) is 0 Å².